The van der Waals surface area contributed by atoms with Crippen molar-refractivity contribution >= 4 is 6.41 Å². The molecular formula is C10H20N2O. The molecule has 1 saturated heterocycles. The minimum Gasteiger partial charge on any atom is -0.342 e. The largest absolute Gasteiger partial charge is 0.342 e. The average Bonchev–Trinajstić information content (AvgIpc) is 2.03. The molecule has 0 radical (unpaired) electrons. The summed E-state index contributed by atoms with van der Waals surface area (Å²) in [6, 6.07) is 0.564. The number of hydrogen-bond donors (Lipinski definition) is 1. The summed E-state index contributed by atoms with van der Waals surface area (Å²) in [5, 5.41) is 0. The smallest absolute Gasteiger partial charge is 0.209 e. The standard InChI is InChI=1S/C10H20N2O/c1-10(2,3)9-6-8(11)4-5-12(9)7-13/h7-9H,4-6,11H2,1-3H3. The second-order valence-electron chi connectivity index (χ2n) is 5.01. The highest BCUT2D eigenvalue weighted by Gasteiger charge is 2.34. The SMILES string of the molecule is CC(C)(C)C1CC(N)CCN1C=O. The normalized spacial score (nSPS) is 30.3. The van der Waals surface area contributed by atoms with Crippen molar-refractivity contribution in [2.75, 3.05) is 6.54 Å². The Kier molecular flexibility index (Phi) is 2.96. The topological polar surface area (TPSA) is 46.3 Å². The lowest BCUT2D eigenvalue weighted by Crippen LogP contribution is -2.51. The molecule has 13 heavy (non-hydrogen) atoms. The Morgan fingerprint density at radius 2 is 2.08 bits per heavy atom. The molecule has 0 aromatic carbocycles. The van der Waals surface area contributed by atoms with Crippen molar-refractivity contribution in [1.29, 1.82) is 0 Å². The first-order chi connectivity index (χ1) is 5.95. The molecule has 0 spiro atoms. The molecule has 2 N–H and O–H groups in total. The molecule has 0 aromatic rings. The molecule has 1 aliphatic heterocycles. The van der Waals surface area contributed by atoms with Gasteiger partial charge >= 0.3 is 0 Å². The van der Waals surface area contributed by atoms with Crippen molar-refractivity contribution in [2.45, 2.75) is 45.7 Å². The number of nitrogens with zero attached hydrogens (tertiary/aromatic N) is 1. The van der Waals surface area contributed by atoms with Crippen molar-refractivity contribution in [2.24, 2.45) is 11.1 Å². The van der Waals surface area contributed by atoms with Gasteiger partial charge in [-0.3, -0.25) is 4.79 Å². The van der Waals surface area contributed by atoms with E-state index >= 15 is 0 Å². The fraction of sp³-hybridized carbons (Fsp3) is 0.900. The van der Waals surface area contributed by atoms with Crippen LogP contribution in [-0.4, -0.2) is 29.9 Å². The monoisotopic (exact) mass is 184 g/mol. The lowest BCUT2D eigenvalue weighted by atomic mass is 9.79. The van der Waals surface area contributed by atoms with Gasteiger partial charge < -0.3 is 10.6 Å². The summed E-state index contributed by atoms with van der Waals surface area (Å²) in [6.07, 6.45) is 2.83. The van der Waals surface area contributed by atoms with Crippen LogP contribution in [0, 0.1) is 5.41 Å². The van der Waals surface area contributed by atoms with E-state index in [9.17, 15) is 4.79 Å². The van der Waals surface area contributed by atoms with Crippen LogP contribution in [0.15, 0.2) is 0 Å². The van der Waals surface area contributed by atoms with Gasteiger partial charge in [0.1, 0.15) is 0 Å². The number of amides is 1. The fourth-order valence-corrected chi connectivity index (χ4v) is 1.99. The van der Waals surface area contributed by atoms with E-state index in [4.69, 9.17) is 5.73 Å². The Balaban J connectivity index is 2.71. The van der Waals surface area contributed by atoms with Crippen LogP contribution in [0.5, 0.6) is 0 Å². The molecule has 1 rings (SSSR count). The molecule has 2 atom stereocenters. The molecular weight excluding hydrogens is 164 g/mol. The summed E-state index contributed by atoms with van der Waals surface area (Å²) in [4.78, 5) is 12.7. The Bertz CT molecular complexity index is 186. The molecule has 1 fully saturated rings. The Morgan fingerprint density at radius 3 is 2.54 bits per heavy atom. The zero-order chi connectivity index (χ0) is 10.1. The molecule has 76 valence electrons. The molecule has 1 heterocycles. The van der Waals surface area contributed by atoms with E-state index in [-0.39, 0.29) is 11.5 Å². The van der Waals surface area contributed by atoms with Crippen LogP contribution >= 0.6 is 0 Å². The number of carbonyl (C=O) groups is 1. The van der Waals surface area contributed by atoms with E-state index in [2.05, 4.69) is 20.8 Å². The van der Waals surface area contributed by atoms with E-state index in [1.807, 2.05) is 4.90 Å². The number of piperidine rings is 1. The van der Waals surface area contributed by atoms with E-state index in [1.165, 1.54) is 0 Å². The second kappa shape index (κ2) is 3.66. The van der Waals surface area contributed by atoms with Crippen LogP contribution in [0.2, 0.25) is 0 Å². The van der Waals surface area contributed by atoms with Gasteiger partial charge in [0, 0.05) is 18.6 Å². The third kappa shape index (κ3) is 2.44. The van der Waals surface area contributed by atoms with Crippen LogP contribution < -0.4 is 5.73 Å². The third-order valence-corrected chi connectivity index (χ3v) is 2.82. The quantitative estimate of drug-likeness (QED) is 0.617. The molecule has 0 aliphatic carbocycles. The number of likely N-dealkylation sites (tertiary alicyclic amines) is 1. The zero-order valence-corrected chi connectivity index (χ0v) is 8.79. The highest BCUT2D eigenvalue weighted by atomic mass is 16.1. The zero-order valence-electron chi connectivity index (χ0n) is 8.79. The molecule has 0 bridgehead atoms. The Morgan fingerprint density at radius 1 is 1.46 bits per heavy atom. The maximum atomic E-state index is 10.8. The minimum absolute atomic E-state index is 0.138. The number of hydrogen-bond acceptors (Lipinski definition) is 2. The number of nitrogens with two attached hydrogens (primary N) is 1. The van der Waals surface area contributed by atoms with Crippen molar-refractivity contribution in [3.05, 3.63) is 0 Å². The van der Waals surface area contributed by atoms with Gasteiger partial charge in [0.05, 0.1) is 0 Å². The predicted octanol–water partition coefficient (Wildman–Crippen LogP) is 0.981. The van der Waals surface area contributed by atoms with Crippen molar-refractivity contribution < 1.29 is 4.79 Å². The first kappa shape index (κ1) is 10.5. The Labute approximate surface area is 80.3 Å². The highest BCUT2D eigenvalue weighted by molar-refractivity contribution is 5.48. The van der Waals surface area contributed by atoms with Gasteiger partial charge in [0.15, 0.2) is 0 Å². The first-order valence-corrected chi connectivity index (χ1v) is 4.92. The van der Waals surface area contributed by atoms with E-state index in [0.29, 0.717) is 6.04 Å². The minimum atomic E-state index is 0.138. The van der Waals surface area contributed by atoms with Gasteiger partial charge in [0.25, 0.3) is 0 Å². The summed E-state index contributed by atoms with van der Waals surface area (Å²) in [5.41, 5.74) is 6.03. The van der Waals surface area contributed by atoms with Gasteiger partial charge in [-0.05, 0) is 18.3 Å². The van der Waals surface area contributed by atoms with Gasteiger partial charge in [-0.2, -0.15) is 0 Å². The molecule has 0 saturated carbocycles. The van der Waals surface area contributed by atoms with E-state index in [0.717, 1.165) is 25.8 Å². The van der Waals surface area contributed by atoms with Gasteiger partial charge in [0.2, 0.25) is 6.41 Å². The number of carbonyl (C=O) groups excluding carboxylic acids is 1. The molecule has 3 nitrogen and oxygen atoms in total. The van der Waals surface area contributed by atoms with Crippen LogP contribution in [0.1, 0.15) is 33.6 Å². The van der Waals surface area contributed by atoms with Crippen molar-refractivity contribution in [1.82, 2.24) is 4.90 Å². The van der Waals surface area contributed by atoms with Crippen LogP contribution in [0.3, 0.4) is 0 Å². The summed E-state index contributed by atoms with van der Waals surface area (Å²) < 4.78 is 0. The van der Waals surface area contributed by atoms with E-state index < -0.39 is 0 Å². The predicted molar refractivity (Wildman–Crippen MR) is 53.2 cm³/mol. The van der Waals surface area contributed by atoms with Crippen molar-refractivity contribution in [3.63, 3.8) is 0 Å². The van der Waals surface area contributed by atoms with Gasteiger partial charge in [-0.1, -0.05) is 20.8 Å². The fourth-order valence-electron chi connectivity index (χ4n) is 1.99. The maximum Gasteiger partial charge on any atom is 0.209 e. The molecule has 2 unspecified atom stereocenters. The van der Waals surface area contributed by atoms with E-state index in [1.54, 1.807) is 0 Å². The second-order valence-corrected chi connectivity index (χ2v) is 5.01. The van der Waals surface area contributed by atoms with Gasteiger partial charge in [-0.15, -0.1) is 0 Å². The molecule has 1 amide bonds. The average molecular weight is 184 g/mol. The van der Waals surface area contributed by atoms with Crippen LogP contribution in [0.4, 0.5) is 0 Å². The molecule has 0 aromatic heterocycles. The van der Waals surface area contributed by atoms with Gasteiger partial charge in [-0.25, -0.2) is 0 Å². The summed E-state index contributed by atoms with van der Waals surface area (Å²) >= 11 is 0. The highest BCUT2D eigenvalue weighted by Crippen LogP contribution is 2.30. The lowest BCUT2D eigenvalue weighted by Gasteiger charge is -2.43. The summed E-state index contributed by atoms with van der Waals surface area (Å²) in [6.45, 7) is 7.29. The molecule has 1 aliphatic rings. The summed E-state index contributed by atoms with van der Waals surface area (Å²) in [7, 11) is 0. The first-order valence-electron chi connectivity index (χ1n) is 4.92. The third-order valence-electron chi connectivity index (χ3n) is 2.82. The van der Waals surface area contributed by atoms with Crippen molar-refractivity contribution in [3.8, 4) is 0 Å². The van der Waals surface area contributed by atoms with Crippen LogP contribution in [0.25, 0.3) is 0 Å². The summed E-state index contributed by atoms with van der Waals surface area (Å²) in [5.74, 6) is 0. The lowest BCUT2D eigenvalue weighted by molar-refractivity contribution is -0.124. The molecule has 3 heteroatoms. The maximum absolute atomic E-state index is 10.8. The Hall–Kier alpha value is -0.570. The van der Waals surface area contributed by atoms with Crippen LogP contribution in [-0.2, 0) is 4.79 Å². The number of rotatable bonds is 1.